The summed E-state index contributed by atoms with van der Waals surface area (Å²) in [5.41, 5.74) is 0. The van der Waals surface area contributed by atoms with Gasteiger partial charge in [-0.25, -0.2) is 0 Å². The average molecular weight is 265 g/mol. The molecule has 1 N–H and O–H groups in total. The molecule has 2 rings (SSSR count). The summed E-state index contributed by atoms with van der Waals surface area (Å²) in [5.74, 6) is 0.876. The number of amides is 1. The molecule has 106 valence electrons. The second kappa shape index (κ2) is 6.24. The minimum Gasteiger partial charge on any atom is -0.467 e. The highest BCUT2D eigenvalue weighted by Crippen LogP contribution is 2.29. The Balaban J connectivity index is 1.97. The molecule has 19 heavy (non-hydrogen) atoms. The Morgan fingerprint density at radius 3 is 3.05 bits per heavy atom. The van der Waals surface area contributed by atoms with Crippen LogP contribution in [0.5, 0.6) is 0 Å². The van der Waals surface area contributed by atoms with Gasteiger partial charge in [0, 0.05) is 24.9 Å². The fraction of sp³-hybridized carbons (Fsp3) is 0.667. The molecule has 0 spiro atoms. The normalized spacial score (nSPS) is 22.5. The van der Waals surface area contributed by atoms with E-state index in [1.54, 1.807) is 18.4 Å². The van der Waals surface area contributed by atoms with Gasteiger partial charge in [-0.3, -0.25) is 4.79 Å². The van der Waals surface area contributed by atoms with Gasteiger partial charge in [0.05, 0.1) is 6.26 Å². The van der Waals surface area contributed by atoms with Gasteiger partial charge in [0.25, 0.3) is 0 Å². The van der Waals surface area contributed by atoms with E-state index in [0.717, 1.165) is 25.8 Å². The van der Waals surface area contributed by atoms with E-state index >= 15 is 0 Å². The highest BCUT2D eigenvalue weighted by molar-refractivity contribution is 5.79. The van der Waals surface area contributed by atoms with Gasteiger partial charge in [-0.2, -0.15) is 0 Å². The van der Waals surface area contributed by atoms with E-state index in [1.165, 1.54) is 0 Å². The van der Waals surface area contributed by atoms with Crippen LogP contribution in [0.2, 0.25) is 0 Å². The lowest BCUT2D eigenvalue weighted by molar-refractivity contribution is -0.136. The quantitative estimate of drug-likeness (QED) is 0.890. The van der Waals surface area contributed by atoms with Crippen molar-refractivity contribution in [2.45, 2.75) is 51.7 Å². The maximum absolute atomic E-state index is 12.3. The number of likely N-dealkylation sites (tertiary alicyclic amines) is 1. The number of carbonyl (C=O) groups is 1. The van der Waals surface area contributed by atoms with Crippen LogP contribution in [-0.4, -0.2) is 28.5 Å². The van der Waals surface area contributed by atoms with Crippen LogP contribution in [0.3, 0.4) is 0 Å². The number of rotatable bonds is 5. The van der Waals surface area contributed by atoms with Crippen LogP contribution in [-0.2, 0) is 4.79 Å². The number of furan rings is 1. The first-order chi connectivity index (χ1) is 9.13. The number of aliphatic hydroxyl groups excluding tert-OH is 1. The molecule has 0 bridgehead atoms. The molecule has 0 aromatic carbocycles. The van der Waals surface area contributed by atoms with E-state index in [4.69, 9.17) is 4.42 Å². The lowest BCUT2D eigenvalue weighted by Crippen LogP contribution is -2.39. The molecule has 1 saturated heterocycles. The Morgan fingerprint density at radius 1 is 1.63 bits per heavy atom. The molecule has 1 fully saturated rings. The Morgan fingerprint density at radius 2 is 2.42 bits per heavy atom. The van der Waals surface area contributed by atoms with Gasteiger partial charge in [0.1, 0.15) is 11.9 Å². The van der Waals surface area contributed by atoms with Gasteiger partial charge < -0.3 is 14.4 Å². The lowest BCUT2D eigenvalue weighted by atomic mass is 10.0. The van der Waals surface area contributed by atoms with E-state index < -0.39 is 6.10 Å². The second-order valence-corrected chi connectivity index (χ2v) is 5.40. The summed E-state index contributed by atoms with van der Waals surface area (Å²) in [7, 11) is 0. The molecule has 4 heteroatoms. The second-order valence-electron chi connectivity index (χ2n) is 5.40. The molecule has 0 radical (unpaired) electrons. The Bertz CT molecular complexity index is 402. The first-order valence-electron chi connectivity index (χ1n) is 7.15. The Labute approximate surface area is 114 Å². The number of carbonyl (C=O) groups excluding carboxylic acids is 1. The highest BCUT2D eigenvalue weighted by atomic mass is 16.4. The predicted molar refractivity (Wildman–Crippen MR) is 72.5 cm³/mol. The minimum absolute atomic E-state index is 0.0707. The standard InChI is InChI=1S/C15H23NO3/c1-3-11(2)15(18)16-8-4-6-12(16)10-13(17)14-7-5-9-19-14/h5,7,9,11-13,17H,3-4,6,8,10H2,1-2H3. The first kappa shape index (κ1) is 14.1. The van der Waals surface area contributed by atoms with E-state index in [2.05, 4.69) is 0 Å². The molecule has 1 aromatic heterocycles. The molecule has 0 aliphatic carbocycles. The number of nitrogens with zero attached hydrogens (tertiary/aromatic N) is 1. The smallest absolute Gasteiger partial charge is 0.225 e. The minimum atomic E-state index is -0.620. The summed E-state index contributed by atoms with van der Waals surface area (Å²) in [5, 5.41) is 10.1. The van der Waals surface area contributed by atoms with Crippen molar-refractivity contribution in [2.75, 3.05) is 6.54 Å². The number of hydrogen-bond donors (Lipinski definition) is 1. The van der Waals surface area contributed by atoms with Crippen LogP contribution < -0.4 is 0 Å². The van der Waals surface area contributed by atoms with Crippen molar-refractivity contribution in [3.8, 4) is 0 Å². The van der Waals surface area contributed by atoms with Gasteiger partial charge in [0.15, 0.2) is 0 Å². The molecule has 1 amide bonds. The molecule has 0 saturated carbocycles. The zero-order chi connectivity index (χ0) is 13.8. The molecule has 2 heterocycles. The third-order valence-electron chi connectivity index (χ3n) is 4.06. The maximum atomic E-state index is 12.3. The average Bonchev–Trinajstić information content (AvgIpc) is 3.07. The van der Waals surface area contributed by atoms with Crippen molar-refractivity contribution in [1.29, 1.82) is 0 Å². The van der Waals surface area contributed by atoms with Crippen LogP contribution in [0, 0.1) is 5.92 Å². The van der Waals surface area contributed by atoms with Crippen molar-refractivity contribution in [2.24, 2.45) is 5.92 Å². The summed E-state index contributed by atoms with van der Waals surface area (Å²) >= 11 is 0. The topological polar surface area (TPSA) is 53.7 Å². The molecule has 3 atom stereocenters. The van der Waals surface area contributed by atoms with Crippen LogP contribution in [0.15, 0.2) is 22.8 Å². The van der Waals surface area contributed by atoms with Crippen LogP contribution >= 0.6 is 0 Å². The third kappa shape index (κ3) is 3.18. The zero-order valence-electron chi connectivity index (χ0n) is 11.7. The fourth-order valence-electron chi connectivity index (χ4n) is 2.68. The molecule has 4 nitrogen and oxygen atoms in total. The first-order valence-corrected chi connectivity index (χ1v) is 7.15. The Hall–Kier alpha value is -1.29. The van der Waals surface area contributed by atoms with Gasteiger partial charge in [0.2, 0.25) is 5.91 Å². The van der Waals surface area contributed by atoms with Gasteiger partial charge in [-0.05, 0) is 31.4 Å². The van der Waals surface area contributed by atoms with Crippen molar-refractivity contribution >= 4 is 5.91 Å². The number of aliphatic hydroxyl groups is 1. The molecule has 1 aliphatic heterocycles. The van der Waals surface area contributed by atoms with E-state index in [-0.39, 0.29) is 17.9 Å². The van der Waals surface area contributed by atoms with E-state index in [0.29, 0.717) is 12.2 Å². The summed E-state index contributed by atoms with van der Waals surface area (Å²) in [6, 6.07) is 3.69. The van der Waals surface area contributed by atoms with Crippen molar-refractivity contribution in [3.63, 3.8) is 0 Å². The van der Waals surface area contributed by atoms with Crippen LogP contribution in [0.25, 0.3) is 0 Å². The maximum Gasteiger partial charge on any atom is 0.225 e. The summed E-state index contributed by atoms with van der Waals surface area (Å²) in [6.45, 7) is 4.82. The Kier molecular flexibility index (Phi) is 4.64. The van der Waals surface area contributed by atoms with E-state index in [1.807, 2.05) is 18.7 Å². The summed E-state index contributed by atoms with van der Waals surface area (Å²) in [4.78, 5) is 14.2. The van der Waals surface area contributed by atoms with Crippen LogP contribution in [0.1, 0.15) is 51.4 Å². The van der Waals surface area contributed by atoms with Crippen LogP contribution in [0.4, 0.5) is 0 Å². The van der Waals surface area contributed by atoms with E-state index in [9.17, 15) is 9.90 Å². The van der Waals surface area contributed by atoms with Crippen molar-refractivity contribution in [3.05, 3.63) is 24.2 Å². The third-order valence-corrected chi connectivity index (χ3v) is 4.06. The monoisotopic (exact) mass is 265 g/mol. The molecule has 1 aliphatic rings. The summed E-state index contributed by atoms with van der Waals surface area (Å²) < 4.78 is 5.22. The molecular weight excluding hydrogens is 242 g/mol. The van der Waals surface area contributed by atoms with Crippen molar-refractivity contribution < 1.29 is 14.3 Å². The zero-order valence-corrected chi connectivity index (χ0v) is 11.7. The largest absolute Gasteiger partial charge is 0.467 e. The highest BCUT2D eigenvalue weighted by Gasteiger charge is 2.32. The SMILES string of the molecule is CCC(C)C(=O)N1CCCC1CC(O)c1ccco1. The van der Waals surface area contributed by atoms with Gasteiger partial charge >= 0.3 is 0 Å². The molecule has 3 unspecified atom stereocenters. The predicted octanol–water partition coefficient (Wildman–Crippen LogP) is 2.74. The molecule has 1 aromatic rings. The van der Waals surface area contributed by atoms with Gasteiger partial charge in [-0.1, -0.05) is 13.8 Å². The molecular formula is C15H23NO3. The van der Waals surface area contributed by atoms with Gasteiger partial charge in [-0.15, -0.1) is 0 Å². The summed E-state index contributed by atoms with van der Waals surface area (Å²) in [6.07, 6.45) is 4.37. The lowest BCUT2D eigenvalue weighted by Gasteiger charge is -2.28. The fourth-order valence-corrected chi connectivity index (χ4v) is 2.68. The van der Waals surface area contributed by atoms with Crippen molar-refractivity contribution in [1.82, 2.24) is 4.90 Å². The number of hydrogen-bond acceptors (Lipinski definition) is 3.